The number of hydrogen-bond donors (Lipinski definition) is 2. The number of nitrogens with one attached hydrogen (secondary N) is 2. The molecule has 2 N–H and O–H groups in total. The van der Waals surface area contributed by atoms with Gasteiger partial charge in [-0.3, -0.25) is 9.59 Å². The van der Waals surface area contributed by atoms with Gasteiger partial charge in [-0.1, -0.05) is 43.7 Å². The van der Waals surface area contributed by atoms with Crippen molar-refractivity contribution in [3.8, 4) is 17.2 Å². The molecule has 0 radical (unpaired) electrons. The molecule has 9 heteroatoms. The van der Waals surface area contributed by atoms with Gasteiger partial charge in [0.25, 0.3) is 11.8 Å². The molecule has 202 valence electrons. The zero-order chi connectivity index (χ0) is 27.9. The van der Waals surface area contributed by atoms with Crippen molar-refractivity contribution >= 4 is 30.1 Å². The smallest absolute Gasteiger partial charge is 0.336 e. The van der Waals surface area contributed by atoms with Crippen molar-refractivity contribution in [1.82, 2.24) is 10.7 Å². The van der Waals surface area contributed by atoms with E-state index in [1.807, 2.05) is 30.3 Å². The molecule has 3 aromatic carbocycles. The number of carbonyl (C=O) groups is 3. The number of esters is 1. The minimum Gasteiger partial charge on any atom is -0.494 e. The highest BCUT2D eigenvalue weighted by atomic mass is 16.6. The van der Waals surface area contributed by atoms with Crippen molar-refractivity contribution in [3.63, 3.8) is 0 Å². The third-order valence-corrected chi connectivity index (χ3v) is 5.31. The Balaban J connectivity index is 1.46. The van der Waals surface area contributed by atoms with E-state index in [0.717, 1.165) is 18.4 Å². The first-order valence-corrected chi connectivity index (χ1v) is 12.4. The summed E-state index contributed by atoms with van der Waals surface area (Å²) in [6.45, 7) is 2.46. The van der Waals surface area contributed by atoms with Gasteiger partial charge in [-0.2, -0.15) is 5.10 Å². The van der Waals surface area contributed by atoms with Crippen LogP contribution in [0.25, 0.3) is 6.08 Å². The molecule has 2 amide bonds. The second kappa shape index (κ2) is 15.4. The Labute approximate surface area is 227 Å². The first-order chi connectivity index (χ1) is 19.0. The van der Waals surface area contributed by atoms with Gasteiger partial charge in [-0.15, -0.1) is 0 Å². The van der Waals surface area contributed by atoms with Crippen LogP contribution >= 0.6 is 0 Å². The molecule has 0 fully saturated rings. The first kappa shape index (κ1) is 28.6. The molecule has 0 unspecified atom stereocenters. The number of carbonyl (C=O) groups excluding carboxylic acids is 3. The molecule has 0 aliphatic carbocycles. The lowest BCUT2D eigenvalue weighted by Crippen LogP contribution is -2.34. The Morgan fingerprint density at radius 1 is 0.923 bits per heavy atom. The molecule has 0 aliphatic heterocycles. The summed E-state index contributed by atoms with van der Waals surface area (Å²) in [4.78, 5) is 36.5. The van der Waals surface area contributed by atoms with E-state index in [9.17, 15) is 14.4 Å². The quantitative estimate of drug-likeness (QED) is 0.0848. The molecule has 9 nitrogen and oxygen atoms in total. The number of ether oxygens (including phenoxy) is 3. The number of rotatable bonds is 13. The second-order valence-electron chi connectivity index (χ2n) is 8.28. The van der Waals surface area contributed by atoms with E-state index < -0.39 is 11.9 Å². The van der Waals surface area contributed by atoms with Gasteiger partial charge in [0.05, 0.1) is 26.5 Å². The monoisotopic (exact) mass is 529 g/mol. The molecule has 0 aliphatic rings. The van der Waals surface area contributed by atoms with Crippen LogP contribution in [0.15, 0.2) is 84.0 Å². The van der Waals surface area contributed by atoms with Crippen molar-refractivity contribution in [1.29, 1.82) is 0 Å². The van der Waals surface area contributed by atoms with E-state index in [1.165, 1.54) is 19.4 Å². The average molecular weight is 530 g/mol. The first-order valence-electron chi connectivity index (χ1n) is 12.4. The highest BCUT2D eigenvalue weighted by Gasteiger charge is 2.10. The van der Waals surface area contributed by atoms with Crippen molar-refractivity contribution in [2.75, 3.05) is 20.3 Å². The number of nitrogens with zero attached hydrogens (tertiary/aromatic N) is 1. The molecule has 0 saturated heterocycles. The van der Waals surface area contributed by atoms with Crippen LogP contribution in [-0.4, -0.2) is 44.3 Å². The Hall–Kier alpha value is -4.92. The fraction of sp³-hybridized carbons (Fsp3) is 0.200. The lowest BCUT2D eigenvalue weighted by molar-refractivity contribution is -0.129. The molecule has 39 heavy (non-hydrogen) atoms. The molecule has 0 heterocycles. The van der Waals surface area contributed by atoms with Crippen LogP contribution < -0.4 is 25.0 Å². The second-order valence-corrected chi connectivity index (χ2v) is 8.28. The van der Waals surface area contributed by atoms with E-state index in [0.29, 0.717) is 29.2 Å². The van der Waals surface area contributed by atoms with Crippen LogP contribution in [0.2, 0.25) is 0 Å². The highest BCUT2D eigenvalue weighted by Crippen LogP contribution is 2.27. The minimum absolute atomic E-state index is 0.240. The van der Waals surface area contributed by atoms with Gasteiger partial charge >= 0.3 is 5.97 Å². The van der Waals surface area contributed by atoms with Gasteiger partial charge in [0.15, 0.2) is 11.5 Å². The van der Waals surface area contributed by atoms with Crippen LogP contribution in [-0.2, 0) is 9.59 Å². The lowest BCUT2D eigenvalue weighted by Gasteiger charge is -2.08. The van der Waals surface area contributed by atoms with Crippen molar-refractivity contribution in [2.24, 2.45) is 5.10 Å². The Morgan fingerprint density at radius 3 is 2.41 bits per heavy atom. The molecule has 0 bridgehead atoms. The molecule has 0 spiro atoms. The van der Waals surface area contributed by atoms with Gasteiger partial charge in [0, 0.05) is 11.6 Å². The fourth-order valence-corrected chi connectivity index (χ4v) is 3.24. The maximum atomic E-state index is 12.3. The largest absolute Gasteiger partial charge is 0.494 e. The summed E-state index contributed by atoms with van der Waals surface area (Å²) in [5.41, 5.74) is 4.23. The number of hydrazone groups is 1. The number of unbranched alkanes of at least 4 members (excludes halogenated alkanes) is 1. The van der Waals surface area contributed by atoms with E-state index in [-0.39, 0.29) is 18.2 Å². The molecule has 0 saturated carbocycles. The van der Waals surface area contributed by atoms with Gasteiger partial charge in [0.1, 0.15) is 5.75 Å². The summed E-state index contributed by atoms with van der Waals surface area (Å²) >= 11 is 0. The number of methoxy groups -OCH3 is 1. The minimum atomic E-state index is -0.552. The SMILES string of the molecule is CCCCOc1ccc(C(=O)NCC(=O)NN=Cc2ccc(OC(=O)C=Cc3ccccc3)c(OC)c2)cc1. The van der Waals surface area contributed by atoms with Crippen LogP contribution in [0.1, 0.15) is 41.3 Å². The summed E-state index contributed by atoms with van der Waals surface area (Å²) in [5.74, 6) is -0.186. The summed E-state index contributed by atoms with van der Waals surface area (Å²) in [5, 5.41) is 6.45. The van der Waals surface area contributed by atoms with E-state index >= 15 is 0 Å². The number of benzene rings is 3. The third-order valence-electron chi connectivity index (χ3n) is 5.31. The zero-order valence-electron chi connectivity index (χ0n) is 21.9. The summed E-state index contributed by atoms with van der Waals surface area (Å²) < 4.78 is 16.3. The maximum absolute atomic E-state index is 12.3. The Morgan fingerprint density at radius 2 is 1.69 bits per heavy atom. The van der Waals surface area contributed by atoms with Crippen LogP contribution in [0, 0.1) is 0 Å². The predicted octanol–water partition coefficient (Wildman–Crippen LogP) is 4.37. The topological polar surface area (TPSA) is 115 Å². The molecule has 3 aromatic rings. The number of amides is 2. The highest BCUT2D eigenvalue weighted by molar-refractivity contribution is 5.96. The standard InChI is InChI=1S/C30H31N3O6/c1-3-4-18-38-25-14-12-24(13-15-25)30(36)31-21-28(34)33-32-20-23-10-16-26(27(19-23)37-2)39-29(35)17-11-22-8-6-5-7-9-22/h5-17,19-20H,3-4,18,21H2,1-2H3,(H,31,36)(H,33,34). The number of hydrogen-bond acceptors (Lipinski definition) is 7. The summed E-state index contributed by atoms with van der Waals surface area (Å²) in [6, 6.07) is 20.9. The van der Waals surface area contributed by atoms with Gasteiger partial charge in [0.2, 0.25) is 0 Å². The molecule has 0 aromatic heterocycles. The Kier molecular flexibility index (Phi) is 11.3. The van der Waals surface area contributed by atoms with E-state index in [1.54, 1.807) is 48.5 Å². The zero-order valence-corrected chi connectivity index (χ0v) is 21.9. The maximum Gasteiger partial charge on any atom is 0.336 e. The molecular weight excluding hydrogens is 498 g/mol. The lowest BCUT2D eigenvalue weighted by atomic mass is 10.2. The Bertz CT molecular complexity index is 1300. The predicted molar refractivity (Wildman–Crippen MR) is 149 cm³/mol. The van der Waals surface area contributed by atoms with Crippen molar-refractivity contribution in [2.45, 2.75) is 19.8 Å². The van der Waals surface area contributed by atoms with E-state index in [4.69, 9.17) is 14.2 Å². The van der Waals surface area contributed by atoms with Crippen molar-refractivity contribution < 1.29 is 28.6 Å². The van der Waals surface area contributed by atoms with Crippen LogP contribution in [0.5, 0.6) is 17.2 Å². The fourth-order valence-electron chi connectivity index (χ4n) is 3.24. The van der Waals surface area contributed by atoms with Crippen LogP contribution in [0.4, 0.5) is 0 Å². The van der Waals surface area contributed by atoms with Crippen molar-refractivity contribution in [3.05, 3.63) is 95.6 Å². The normalized spacial score (nSPS) is 10.8. The third kappa shape index (κ3) is 9.81. The summed E-state index contributed by atoms with van der Waals surface area (Å²) in [7, 11) is 1.45. The molecular formula is C30H31N3O6. The van der Waals surface area contributed by atoms with Gasteiger partial charge < -0.3 is 19.5 Å². The van der Waals surface area contributed by atoms with E-state index in [2.05, 4.69) is 22.8 Å². The average Bonchev–Trinajstić information content (AvgIpc) is 2.96. The molecule has 0 atom stereocenters. The molecule has 3 rings (SSSR count). The summed E-state index contributed by atoms with van der Waals surface area (Å²) in [6.07, 6.45) is 6.39. The van der Waals surface area contributed by atoms with Gasteiger partial charge in [-0.05, 0) is 66.1 Å². The van der Waals surface area contributed by atoms with Gasteiger partial charge in [-0.25, -0.2) is 10.2 Å². The van der Waals surface area contributed by atoms with Crippen LogP contribution in [0.3, 0.4) is 0 Å².